The van der Waals surface area contributed by atoms with Crippen LogP contribution in [-0.2, 0) is 21.4 Å². The Labute approximate surface area is 214 Å². The van der Waals surface area contributed by atoms with E-state index in [0.29, 0.717) is 5.92 Å². The van der Waals surface area contributed by atoms with Gasteiger partial charge in [-0.15, -0.1) is 0 Å². The molecule has 1 heterocycles. The van der Waals surface area contributed by atoms with Crippen LogP contribution in [0.15, 0.2) is 42.5 Å². The monoisotopic (exact) mass is 486 g/mol. The first-order valence-corrected chi connectivity index (χ1v) is 13.2. The van der Waals surface area contributed by atoms with Crippen LogP contribution >= 0.6 is 0 Å². The Morgan fingerprint density at radius 1 is 1.08 bits per heavy atom. The average molecular weight is 487 g/mol. The van der Waals surface area contributed by atoms with E-state index in [1.165, 1.54) is 29.4 Å². The van der Waals surface area contributed by atoms with Gasteiger partial charge in [0.2, 0.25) is 0 Å². The number of hydrogen-bond acceptors (Lipinski definition) is 4. The Kier molecular flexibility index (Phi) is 6.22. The minimum atomic E-state index is -0.439. The predicted molar refractivity (Wildman–Crippen MR) is 143 cm³/mol. The van der Waals surface area contributed by atoms with Gasteiger partial charge in [0.15, 0.2) is 0 Å². The van der Waals surface area contributed by atoms with E-state index in [2.05, 4.69) is 56.1 Å². The Hall–Kier alpha value is -3.08. The maximum atomic E-state index is 13.0. The molecule has 0 radical (unpaired) electrons. The number of hydrogen-bond donors (Lipinski definition) is 1. The van der Waals surface area contributed by atoms with E-state index >= 15 is 0 Å². The molecule has 0 unspecified atom stereocenters. The van der Waals surface area contributed by atoms with Gasteiger partial charge in [0.1, 0.15) is 5.75 Å². The number of nitrogens with one attached hydrogen (secondary N) is 1. The molecule has 0 amide bonds. The van der Waals surface area contributed by atoms with Crippen molar-refractivity contribution >= 4 is 5.97 Å². The maximum absolute atomic E-state index is 13.0. The van der Waals surface area contributed by atoms with Crippen LogP contribution in [0.1, 0.15) is 76.0 Å². The van der Waals surface area contributed by atoms with Gasteiger partial charge in [0, 0.05) is 11.1 Å². The van der Waals surface area contributed by atoms with Gasteiger partial charge >= 0.3 is 5.97 Å². The van der Waals surface area contributed by atoms with Gasteiger partial charge in [-0.2, -0.15) is 5.10 Å². The lowest BCUT2D eigenvalue weighted by molar-refractivity contribution is -0.161. The van der Waals surface area contributed by atoms with Crippen LogP contribution in [0.2, 0.25) is 0 Å². The number of aryl methyl sites for hydroxylation is 1. The third-order valence-corrected chi connectivity index (χ3v) is 9.05. The van der Waals surface area contributed by atoms with E-state index in [1.807, 2.05) is 24.3 Å². The first-order valence-electron chi connectivity index (χ1n) is 13.2. The summed E-state index contributed by atoms with van der Waals surface area (Å²) in [4.78, 5) is 13.0. The summed E-state index contributed by atoms with van der Waals surface area (Å²) in [7, 11) is 3.21. The van der Waals surface area contributed by atoms with Gasteiger partial charge in [-0.25, -0.2) is 0 Å². The number of methoxy groups -OCH3 is 2. The van der Waals surface area contributed by atoms with E-state index in [0.717, 1.165) is 54.8 Å². The van der Waals surface area contributed by atoms with Crippen LogP contribution in [0, 0.1) is 11.3 Å². The molecule has 2 aromatic carbocycles. The second kappa shape index (κ2) is 9.10. The molecule has 2 aliphatic rings. The van der Waals surface area contributed by atoms with Crippen LogP contribution in [-0.4, -0.2) is 30.4 Å². The van der Waals surface area contributed by atoms with Crippen LogP contribution in [0.4, 0.5) is 0 Å². The number of benzene rings is 2. The highest BCUT2D eigenvalue weighted by atomic mass is 16.5. The van der Waals surface area contributed by atoms with Crippen molar-refractivity contribution in [2.24, 2.45) is 11.3 Å². The van der Waals surface area contributed by atoms with Crippen LogP contribution in [0.5, 0.6) is 5.75 Å². The molecule has 0 aliphatic heterocycles. The molecule has 1 saturated carbocycles. The molecule has 0 spiro atoms. The summed E-state index contributed by atoms with van der Waals surface area (Å²) in [6.07, 6.45) is 5.06. The molecule has 5 nitrogen and oxygen atoms in total. The van der Waals surface area contributed by atoms with Gasteiger partial charge in [0.25, 0.3) is 0 Å². The Morgan fingerprint density at radius 2 is 1.83 bits per heavy atom. The highest BCUT2D eigenvalue weighted by Gasteiger charge is 2.55. The standard InChI is InChI=1S/C31H38N2O3/c1-19(2)23-16-21-10-13-28-30(3,14-7-15-31(28,4)29(34)36-6)25(21)17-24(23)27-18-26(32-33-27)20-8-11-22(35-5)12-9-20/h8-9,11-12,16-19,28H,7,10,13-15H2,1-6H3,(H,32,33)/t28-,30-,31-/m1/s1. The minimum Gasteiger partial charge on any atom is -0.497 e. The zero-order chi connectivity index (χ0) is 25.7. The summed E-state index contributed by atoms with van der Waals surface area (Å²) >= 11 is 0. The summed E-state index contributed by atoms with van der Waals surface area (Å²) in [5.41, 5.74) is 7.89. The van der Waals surface area contributed by atoms with Gasteiger partial charge < -0.3 is 9.47 Å². The van der Waals surface area contributed by atoms with Gasteiger partial charge in [-0.1, -0.05) is 33.3 Å². The molecule has 5 rings (SSSR count). The molecule has 1 N–H and O–H groups in total. The Morgan fingerprint density at radius 3 is 2.50 bits per heavy atom. The van der Waals surface area contributed by atoms with Gasteiger partial charge in [0.05, 0.1) is 31.0 Å². The lowest BCUT2D eigenvalue weighted by atomic mass is 9.49. The number of carbonyl (C=O) groups is 1. The first kappa shape index (κ1) is 24.6. The molecule has 0 bridgehead atoms. The molecule has 190 valence electrons. The number of esters is 1. The van der Waals surface area contributed by atoms with Crippen LogP contribution in [0.25, 0.3) is 22.5 Å². The first-order chi connectivity index (χ1) is 17.2. The molecule has 36 heavy (non-hydrogen) atoms. The van der Waals surface area contributed by atoms with Gasteiger partial charge in [-0.05, 0) is 103 Å². The molecule has 0 saturated heterocycles. The number of aromatic amines is 1. The summed E-state index contributed by atoms with van der Waals surface area (Å²) in [6, 6.07) is 15.0. The fourth-order valence-corrected chi connectivity index (χ4v) is 7.09. The number of aromatic nitrogens is 2. The highest BCUT2D eigenvalue weighted by Crippen LogP contribution is 2.58. The average Bonchev–Trinajstić information content (AvgIpc) is 3.37. The summed E-state index contributed by atoms with van der Waals surface area (Å²) in [5, 5.41) is 7.98. The number of nitrogens with zero attached hydrogens (tertiary/aromatic N) is 1. The number of rotatable bonds is 5. The topological polar surface area (TPSA) is 64.2 Å². The van der Waals surface area contributed by atoms with E-state index < -0.39 is 5.41 Å². The van der Waals surface area contributed by atoms with E-state index in [9.17, 15) is 4.79 Å². The second-order valence-electron chi connectivity index (χ2n) is 11.4. The normalized spacial score (nSPS) is 25.2. The number of H-pyrrole nitrogens is 1. The van der Waals surface area contributed by atoms with Crippen molar-refractivity contribution in [3.8, 4) is 28.3 Å². The minimum absolute atomic E-state index is 0.0569. The highest BCUT2D eigenvalue weighted by molar-refractivity contribution is 5.78. The van der Waals surface area contributed by atoms with Gasteiger partial charge in [-0.3, -0.25) is 9.89 Å². The third-order valence-electron chi connectivity index (χ3n) is 9.05. The number of carbonyl (C=O) groups excluding carboxylic acids is 1. The molecule has 3 atom stereocenters. The van der Waals surface area contributed by atoms with E-state index in [4.69, 9.17) is 9.47 Å². The Balaban J connectivity index is 1.60. The van der Waals surface area contributed by atoms with Crippen molar-refractivity contribution in [1.82, 2.24) is 10.2 Å². The molecule has 3 aromatic rings. The predicted octanol–water partition coefficient (Wildman–Crippen LogP) is 7.06. The molecule has 1 aromatic heterocycles. The third kappa shape index (κ3) is 3.84. The molecular weight excluding hydrogens is 448 g/mol. The number of fused-ring (bicyclic) bond motifs is 3. The van der Waals surface area contributed by atoms with Crippen molar-refractivity contribution in [2.45, 2.75) is 71.1 Å². The smallest absolute Gasteiger partial charge is 0.311 e. The Bertz CT molecular complexity index is 1280. The lowest BCUT2D eigenvalue weighted by Crippen LogP contribution is -2.52. The fourth-order valence-electron chi connectivity index (χ4n) is 7.09. The lowest BCUT2D eigenvalue weighted by Gasteiger charge is -2.54. The van der Waals surface area contributed by atoms with Crippen molar-refractivity contribution in [3.05, 3.63) is 59.2 Å². The van der Waals surface area contributed by atoms with E-state index in [1.54, 1.807) is 7.11 Å². The van der Waals surface area contributed by atoms with E-state index in [-0.39, 0.29) is 17.3 Å². The fraction of sp³-hybridized carbons (Fsp3) is 0.484. The SMILES string of the molecule is COC(=O)[C@]1(C)CCC[C@]2(C)c3cc(-c4cc(-c5ccc(OC)cc5)n[nH]4)c(C(C)C)cc3CC[C@@H]12. The van der Waals surface area contributed by atoms with Crippen molar-refractivity contribution in [3.63, 3.8) is 0 Å². The van der Waals surface area contributed by atoms with Crippen LogP contribution < -0.4 is 4.74 Å². The zero-order valence-corrected chi connectivity index (χ0v) is 22.4. The summed E-state index contributed by atoms with van der Waals surface area (Å²) < 4.78 is 10.6. The van der Waals surface area contributed by atoms with Crippen molar-refractivity contribution in [2.75, 3.05) is 14.2 Å². The van der Waals surface area contributed by atoms with Crippen molar-refractivity contribution < 1.29 is 14.3 Å². The molecule has 2 aliphatic carbocycles. The largest absolute Gasteiger partial charge is 0.497 e. The van der Waals surface area contributed by atoms with Crippen LogP contribution in [0.3, 0.4) is 0 Å². The molecule has 5 heteroatoms. The molecule has 1 fully saturated rings. The zero-order valence-electron chi connectivity index (χ0n) is 22.4. The molecular formula is C31H38N2O3. The summed E-state index contributed by atoms with van der Waals surface area (Å²) in [5.74, 6) is 1.43. The quantitative estimate of drug-likeness (QED) is 0.392. The second-order valence-corrected chi connectivity index (χ2v) is 11.4. The maximum Gasteiger partial charge on any atom is 0.311 e. The van der Waals surface area contributed by atoms with Crippen molar-refractivity contribution in [1.29, 1.82) is 0 Å². The summed E-state index contributed by atoms with van der Waals surface area (Å²) in [6.45, 7) is 9.03. The number of ether oxygens (including phenoxy) is 2.